The van der Waals surface area contributed by atoms with Gasteiger partial charge in [0.1, 0.15) is 0 Å². The van der Waals surface area contributed by atoms with E-state index in [0.717, 1.165) is 22.9 Å². The Hall–Kier alpha value is -2.04. The van der Waals surface area contributed by atoms with Gasteiger partial charge in [-0.25, -0.2) is 0 Å². The van der Waals surface area contributed by atoms with Crippen molar-refractivity contribution >= 4 is 23.4 Å². The third-order valence-electron chi connectivity index (χ3n) is 3.23. The van der Waals surface area contributed by atoms with Crippen molar-refractivity contribution in [2.45, 2.75) is 11.4 Å². The third kappa shape index (κ3) is 5.93. The number of thioether (sulfide) groups is 1. The Morgan fingerprint density at radius 3 is 2.61 bits per heavy atom. The van der Waals surface area contributed by atoms with Gasteiger partial charge in [-0.3, -0.25) is 9.69 Å². The van der Waals surface area contributed by atoms with Crippen molar-refractivity contribution in [2.24, 2.45) is 0 Å². The second-order valence-corrected chi connectivity index (χ2v) is 6.36. The molecule has 23 heavy (non-hydrogen) atoms. The highest BCUT2D eigenvalue weighted by Crippen LogP contribution is 2.26. The van der Waals surface area contributed by atoms with E-state index in [1.54, 1.807) is 11.8 Å². The number of anilines is 1. The number of likely N-dealkylation sites (N-methyl/N-ethyl adjacent to an activating group) is 1. The van der Waals surface area contributed by atoms with Gasteiger partial charge in [-0.15, -0.1) is 18.3 Å². The Morgan fingerprint density at radius 1 is 1.17 bits per heavy atom. The van der Waals surface area contributed by atoms with Crippen LogP contribution < -0.4 is 5.32 Å². The van der Waals surface area contributed by atoms with Gasteiger partial charge in [-0.2, -0.15) is 0 Å². The second kappa shape index (κ2) is 9.18. The molecule has 0 saturated heterocycles. The molecule has 0 atom stereocenters. The maximum atomic E-state index is 12.3. The molecule has 0 aliphatic carbocycles. The third-order valence-corrected chi connectivity index (χ3v) is 4.30. The number of hydrogen-bond acceptors (Lipinski definition) is 3. The highest BCUT2D eigenvalue weighted by molar-refractivity contribution is 7.99. The molecule has 0 fully saturated rings. The van der Waals surface area contributed by atoms with Crippen molar-refractivity contribution < 1.29 is 4.79 Å². The molecular formula is C19H22N2OS. The van der Waals surface area contributed by atoms with E-state index >= 15 is 0 Å². The van der Waals surface area contributed by atoms with E-state index in [9.17, 15) is 4.79 Å². The standard InChI is InChI=1S/C19H22N2OS/c1-3-13-23-18-12-8-7-11-17(18)20-19(22)15-21(2)14-16-9-5-4-6-10-16/h3-12H,1,13-15H2,2H3,(H,20,22). The van der Waals surface area contributed by atoms with E-state index in [-0.39, 0.29) is 5.91 Å². The first-order valence-electron chi connectivity index (χ1n) is 7.54. The molecule has 0 unspecified atom stereocenters. The highest BCUT2D eigenvalue weighted by Gasteiger charge is 2.09. The molecule has 1 N–H and O–H groups in total. The second-order valence-electron chi connectivity index (χ2n) is 5.30. The van der Waals surface area contributed by atoms with Gasteiger partial charge in [0, 0.05) is 17.2 Å². The van der Waals surface area contributed by atoms with Gasteiger partial charge >= 0.3 is 0 Å². The zero-order valence-electron chi connectivity index (χ0n) is 13.4. The summed E-state index contributed by atoms with van der Waals surface area (Å²) in [4.78, 5) is 15.3. The predicted molar refractivity (Wildman–Crippen MR) is 98.8 cm³/mol. The minimum Gasteiger partial charge on any atom is -0.324 e. The van der Waals surface area contributed by atoms with Crippen molar-refractivity contribution in [3.05, 3.63) is 72.8 Å². The number of hydrogen-bond donors (Lipinski definition) is 1. The van der Waals surface area contributed by atoms with Gasteiger partial charge in [-0.05, 0) is 24.7 Å². The fraction of sp³-hybridized carbons (Fsp3) is 0.211. The fourth-order valence-electron chi connectivity index (χ4n) is 2.23. The molecule has 4 heteroatoms. The van der Waals surface area contributed by atoms with Crippen LogP contribution >= 0.6 is 11.8 Å². The monoisotopic (exact) mass is 326 g/mol. The molecule has 0 radical (unpaired) electrons. The first-order valence-corrected chi connectivity index (χ1v) is 8.52. The molecular weight excluding hydrogens is 304 g/mol. The molecule has 0 spiro atoms. The summed E-state index contributed by atoms with van der Waals surface area (Å²) in [6.45, 7) is 4.84. The van der Waals surface area contributed by atoms with Crippen LogP contribution in [0.25, 0.3) is 0 Å². The zero-order chi connectivity index (χ0) is 16.5. The average molecular weight is 326 g/mol. The molecule has 3 nitrogen and oxygen atoms in total. The van der Waals surface area contributed by atoms with E-state index < -0.39 is 0 Å². The lowest BCUT2D eigenvalue weighted by Crippen LogP contribution is -2.29. The number of carbonyl (C=O) groups excluding carboxylic acids is 1. The SMILES string of the molecule is C=CCSc1ccccc1NC(=O)CN(C)Cc1ccccc1. The summed E-state index contributed by atoms with van der Waals surface area (Å²) >= 11 is 1.66. The van der Waals surface area contributed by atoms with Gasteiger partial charge in [0.05, 0.1) is 12.2 Å². The van der Waals surface area contributed by atoms with Crippen molar-refractivity contribution in [3.63, 3.8) is 0 Å². The lowest BCUT2D eigenvalue weighted by atomic mass is 10.2. The molecule has 2 aromatic rings. The summed E-state index contributed by atoms with van der Waals surface area (Å²) in [5.74, 6) is 0.816. The van der Waals surface area contributed by atoms with Crippen molar-refractivity contribution in [2.75, 3.05) is 24.7 Å². The predicted octanol–water partition coefficient (Wildman–Crippen LogP) is 4.04. The van der Waals surface area contributed by atoms with E-state index in [1.807, 2.05) is 60.5 Å². The van der Waals surface area contributed by atoms with Crippen LogP contribution in [0.2, 0.25) is 0 Å². The molecule has 0 bridgehead atoms. The Morgan fingerprint density at radius 2 is 1.87 bits per heavy atom. The first kappa shape index (κ1) is 17.3. The maximum absolute atomic E-state index is 12.3. The molecule has 1 amide bonds. The first-order chi connectivity index (χ1) is 11.2. The van der Waals surface area contributed by atoms with Crippen LogP contribution in [0.1, 0.15) is 5.56 Å². The van der Waals surface area contributed by atoms with Crippen LogP contribution in [-0.4, -0.2) is 30.2 Å². The normalized spacial score (nSPS) is 10.5. The molecule has 2 rings (SSSR count). The smallest absolute Gasteiger partial charge is 0.238 e. The molecule has 0 aromatic heterocycles. The Kier molecular flexibility index (Phi) is 6.91. The number of benzene rings is 2. The van der Waals surface area contributed by atoms with Crippen LogP contribution in [0.5, 0.6) is 0 Å². The zero-order valence-corrected chi connectivity index (χ0v) is 14.2. The summed E-state index contributed by atoms with van der Waals surface area (Å²) < 4.78 is 0. The van der Waals surface area contributed by atoms with Gasteiger partial charge in [0.2, 0.25) is 5.91 Å². The maximum Gasteiger partial charge on any atom is 0.238 e. The van der Waals surface area contributed by atoms with Crippen molar-refractivity contribution in [3.8, 4) is 0 Å². The van der Waals surface area contributed by atoms with E-state index in [2.05, 4.69) is 24.0 Å². The molecule has 0 aliphatic rings. The molecule has 2 aromatic carbocycles. The van der Waals surface area contributed by atoms with E-state index in [0.29, 0.717) is 6.54 Å². The summed E-state index contributed by atoms with van der Waals surface area (Å²) in [5, 5.41) is 3.00. The Bertz CT molecular complexity index is 643. The van der Waals surface area contributed by atoms with Crippen molar-refractivity contribution in [1.82, 2.24) is 4.90 Å². The van der Waals surface area contributed by atoms with Crippen LogP contribution in [0.3, 0.4) is 0 Å². The van der Waals surface area contributed by atoms with Gasteiger partial charge in [0.25, 0.3) is 0 Å². The Balaban J connectivity index is 1.90. The summed E-state index contributed by atoms with van der Waals surface area (Å²) in [6.07, 6.45) is 1.86. The topological polar surface area (TPSA) is 32.3 Å². The lowest BCUT2D eigenvalue weighted by Gasteiger charge is -2.17. The largest absolute Gasteiger partial charge is 0.324 e. The average Bonchev–Trinajstić information content (AvgIpc) is 2.54. The summed E-state index contributed by atoms with van der Waals surface area (Å²) in [5.41, 5.74) is 2.06. The summed E-state index contributed by atoms with van der Waals surface area (Å²) in [7, 11) is 1.95. The Labute approximate surface area is 142 Å². The number of nitrogens with one attached hydrogen (secondary N) is 1. The minimum atomic E-state index is -0.00455. The van der Waals surface area contributed by atoms with Gasteiger partial charge < -0.3 is 5.32 Å². The van der Waals surface area contributed by atoms with E-state index in [1.165, 1.54) is 5.56 Å². The lowest BCUT2D eigenvalue weighted by molar-refractivity contribution is -0.117. The number of rotatable bonds is 8. The molecule has 0 saturated carbocycles. The highest BCUT2D eigenvalue weighted by atomic mass is 32.2. The van der Waals surface area contributed by atoms with Gasteiger partial charge in [0.15, 0.2) is 0 Å². The minimum absolute atomic E-state index is 0.00455. The van der Waals surface area contributed by atoms with Crippen LogP contribution in [0, 0.1) is 0 Å². The van der Waals surface area contributed by atoms with Crippen LogP contribution in [0.15, 0.2) is 72.1 Å². The number of nitrogens with zero attached hydrogens (tertiary/aromatic N) is 1. The van der Waals surface area contributed by atoms with Gasteiger partial charge in [-0.1, -0.05) is 48.5 Å². The molecule has 0 heterocycles. The molecule has 0 aliphatic heterocycles. The number of amides is 1. The van der Waals surface area contributed by atoms with E-state index in [4.69, 9.17) is 0 Å². The molecule has 120 valence electrons. The fourth-order valence-corrected chi connectivity index (χ4v) is 2.98. The van der Waals surface area contributed by atoms with Crippen LogP contribution in [-0.2, 0) is 11.3 Å². The summed E-state index contributed by atoms with van der Waals surface area (Å²) in [6, 6.07) is 18.0. The number of carbonyl (C=O) groups is 1. The van der Waals surface area contributed by atoms with Crippen molar-refractivity contribution in [1.29, 1.82) is 0 Å². The quantitative estimate of drug-likeness (QED) is 0.587. The van der Waals surface area contributed by atoms with Crippen LogP contribution in [0.4, 0.5) is 5.69 Å². The number of para-hydroxylation sites is 1.